The van der Waals surface area contributed by atoms with Crippen molar-refractivity contribution < 1.29 is 4.79 Å². The molecule has 0 aliphatic heterocycles. The summed E-state index contributed by atoms with van der Waals surface area (Å²) < 4.78 is 1.71. The molecule has 0 aliphatic rings. The highest BCUT2D eigenvalue weighted by Crippen LogP contribution is 2.18. The molecule has 0 saturated heterocycles. The van der Waals surface area contributed by atoms with Crippen LogP contribution in [0.25, 0.3) is 10.9 Å². The molecular formula is C22H25N3O2S. The van der Waals surface area contributed by atoms with Gasteiger partial charge in [-0.2, -0.15) is 0 Å². The van der Waals surface area contributed by atoms with E-state index in [4.69, 9.17) is 0 Å². The smallest absolute Gasteiger partial charge is 0.262 e. The van der Waals surface area contributed by atoms with Gasteiger partial charge in [-0.3, -0.25) is 14.2 Å². The average Bonchev–Trinajstić information content (AvgIpc) is 2.71. The van der Waals surface area contributed by atoms with Crippen LogP contribution < -0.4 is 10.9 Å². The van der Waals surface area contributed by atoms with Crippen molar-refractivity contribution in [1.82, 2.24) is 14.9 Å². The number of thioether (sulfide) groups is 1. The van der Waals surface area contributed by atoms with Crippen LogP contribution in [-0.2, 0) is 17.9 Å². The van der Waals surface area contributed by atoms with E-state index in [9.17, 15) is 9.59 Å². The van der Waals surface area contributed by atoms with E-state index in [1.165, 1.54) is 11.8 Å². The van der Waals surface area contributed by atoms with E-state index >= 15 is 0 Å². The Morgan fingerprint density at radius 3 is 2.57 bits per heavy atom. The summed E-state index contributed by atoms with van der Waals surface area (Å²) >= 11 is 1.31. The Balaban J connectivity index is 1.74. The quantitative estimate of drug-likeness (QED) is 0.465. The first-order chi connectivity index (χ1) is 13.5. The van der Waals surface area contributed by atoms with Gasteiger partial charge in [0.15, 0.2) is 5.16 Å². The minimum Gasteiger partial charge on any atom is -0.351 e. The molecule has 0 spiro atoms. The summed E-state index contributed by atoms with van der Waals surface area (Å²) in [4.78, 5) is 29.8. The third kappa shape index (κ3) is 5.23. The third-order valence-electron chi connectivity index (χ3n) is 4.42. The number of rotatable bonds is 8. The number of fused-ring (bicyclic) bond motifs is 1. The molecule has 0 fully saturated rings. The number of hydrogen-bond acceptors (Lipinski definition) is 4. The van der Waals surface area contributed by atoms with E-state index < -0.39 is 0 Å². The Hall–Kier alpha value is -2.60. The molecule has 0 atom stereocenters. The minimum atomic E-state index is -0.0772. The lowest BCUT2D eigenvalue weighted by atomic mass is 10.1. The predicted molar refractivity (Wildman–Crippen MR) is 114 cm³/mol. The lowest BCUT2D eigenvalue weighted by molar-refractivity contribution is -0.118. The van der Waals surface area contributed by atoms with E-state index in [-0.39, 0.29) is 17.2 Å². The van der Waals surface area contributed by atoms with Gasteiger partial charge in [0.1, 0.15) is 0 Å². The molecule has 5 nitrogen and oxygen atoms in total. The summed E-state index contributed by atoms with van der Waals surface area (Å²) in [7, 11) is 0. The van der Waals surface area contributed by atoms with Gasteiger partial charge in [-0.15, -0.1) is 0 Å². The van der Waals surface area contributed by atoms with Crippen LogP contribution >= 0.6 is 11.8 Å². The van der Waals surface area contributed by atoms with Crippen LogP contribution in [0.4, 0.5) is 0 Å². The predicted octanol–water partition coefficient (Wildman–Crippen LogP) is 3.85. The topological polar surface area (TPSA) is 64.0 Å². The van der Waals surface area contributed by atoms with Gasteiger partial charge in [-0.05, 0) is 30.0 Å². The van der Waals surface area contributed by atoms with Crippen molar-refractivity contribution in [2.45, 2.75) is 38.5 Å². The molecule has 1 amide bonds. The van der Waals surface area contributed by atoms with Crippen LogP contribution in [0.1, 0.15) is 25.8 Å². The van der Waals surface area contributed by atoms with Gasteiger partial charge in [0, 0.05) is 13.1 Å². The molecular weight excluding hydrogens is 370 g/mol. The number of nitrogens with one attached hydrogen (secondary N) is 1. The van der Waals surface area contributed by atoms with E-state index in [1.54, 1.807) is 10.6 Å². The molecule has 146 valence electrons. The maximum absolute atomic E-state index is 12.9. The fraction of sp³-hybridized carbons (Fsp3) is 0.318. The molecule has 1 aromatic heterocycles. The molecule has 0 aliphatic carbocycles. The van der Waals surface area contributed by atoms with Gasteiger partial charge in [0.25, 0.3) is 5.56 Å². The largest absolute Gasteiger partial charge is 0.351 e. The Morgan fingerprint density at radius 1 is 1.11 bits per heavy atom. The summed E-state index contributed by atoms with van der Waals surface area (Å²) in [5.41, 5.74) is 1.68. The van der Waals surface area contributed by atoms with E-state index in [0.717, 1.165) is 12.0 Å². The maximum Gasteiger partial charge on any atom is 0.262 e. The number of nitrogens with zero attached hydrogens (tertiary/aromatic N) is 2. The maximum atomic E-state index is 12.9. The molecule has 3 rings (SSSR count). The molecule has 28 heavy (non-hydrogen) atoms. The summed E-state index contributed by atoms with van der Waals surface area (Å²) in [6.45, 7) is 5.35. The molecule has 2 aromatic carbocycles. The zero-order valence-corrected chi connectivity index (χ0v) is 17.0. The fourth-order valence-electron chi connectivity index (χ4n) is 2.82. The number of benzene rings is 2. The molecule has 0 unspecified atom stereocenters. The van der Waals surface area contributed by atoms with Crippen molar-refractivity contribution in [3.05, 3.63) is 70.5 Å². The molecule has 6 heteroatoms. The van der Waals surface area contributed by atoms with Crippen LogP contribution in [0.15, 0.2) is 64.5 Å². The molecule has 1 N–H and O–H groups in total. The molecule has 1 heterocycles. The highest BCUT2D eigenvalue weighted by atomic mass is 32.2. The lowest BCUT2D eigenvalue weighted by Gasteiger charge is -2.14. The second-order valence-electron chi connectivity index (χ2n) is 7.10. The number of hydrogen-bond donors (Lipinski definition) is 1. The van der Waals surface area contributed by atoms with Crippen molar-refractivity contribution in [3.8, 4) is 0 Å². The van der Waals surface area contributed by atoms with Gasteiger partial charge in [-0.25, -0.2) is 4.98 Å². The first-order valence-corrected chi connectivity index (χ1v) is 10.5. The fourth-order valence-corrected chi connectivity index (χ4v) is 3.68. The highest BCUT2D eigenvalue weighted by molar-refractivity contribution is 7.99. The number of aromatic nitrogens is 2. The summed E-state index contributed by atoms with van der Waals surface area (Å²) in [5.74, 6) is 0.622. The normalized spacial score (nSPS) is 11.1. The molecule has 3 aromatic rings. The van der Waals surface area contributed by atoms with Gasteiger partial charge in [0.2, 0.25) is 5.91 Å². The summed E-state index contributed by atoms with van der Waals surface area (Å²) in [6, 6.07) is 17.1. The number of carbonyl (C=O) groups is 1. The summed E-state index contributed by atoms with van der Waals surface area (Å²) in [6.07, 6.45) is 0.883. The standard InChI is InChI=1S/C22H25N3O2S/c1-16(2)12-13-25-21(27)18-10-6-7-11-19(18)24-22(25)28-15-20(26)23-14-17-8-4-3-5-9-17/h3-11,16H,12-15H2,1-2H3,(H,23,26). The van der Waals surface area contributed by atoms with Crippen molar-refractivity contribution in [1.29, 1.82) is 0 Å². The van der Waals surface area contributed by atoms with E-state index in [1.807, 2.05) is 48.5 Å². The van der Waals surface area contributed by atoms with Crippen molar-refractivity contribution in [2.75, 3.05) is 5.75 Å². The van der Waals surface area contributed by atoms with Crippen molar-refractivity contribution >= 4 is 28.6 Å². The van der Waals surface area contributed by atoms with Gasteiger partial charge in [0.05, 0.1) is 16.7 Å². The highest BCUT2D eigenvalue weighted by Gasteiger charge is 2.13. The summed E-state index contributed by atoms with van der Waals surface area (Å²) in [5, 5.41) is 4.13. The molecule has 0 radical (unpaired) electrons. The van der Waals surface area contributed by atoms with Crippen LogP contribution in [-0.4, -0.2) is 21.2 Å². The zero-order valence-electron chi connectivity index (χ0n) is 16.2. The lowest BCUT2D eigenvalue weighted by Crippen LogP contribution is -2.27. The van der Waals surface area contributed by atoms with Gasteiger partial charge >= 0.3 is 0 Å². The average molecular weight is 396 g/mol. The van der Waals surface area contributed by atoms with E-state index in [0.29, 0.717) is 35.1 Å². The molecule has 0 bridgehead atoms. The number of carbonyl (C=O) groups excluding carboxylic acids is 1. The number of para-hydroxylation sites is 1. The van der Waals surface area contributed by atoms with Crippen LogP contribution in [0, 0.1) is 5.92 Å². The van der Waals surface area contributed by atoms with Crippen LogP contribution in [0.3, 0.4) is 0 Å². The van der Waals surface area contributed by atoms with Crippen LogP contribution in [0.5, 0.6) is 0 Å². The Bertz CT molecular complexity index is 1000. The second kappa shape index (κ2) is 9.55. The zero-order chi connectivity index (χ0) is 19.9. The van der Waals surface area contributed by atoms with Gasteiger partial charge in [-0.1, -0.05) is 68.1 Å². The Morgan fingerprint density at radius 2 is 1.82 bits per heavy atom. The first kappa shape index (κ1) is 20.1. The number of amides is 1. The molecule has 0 saturated carbocycles. The van der Waals surface area contributed by atoms with Gasteiger partial charge < -0.3 is 5.32 Å². The van der Waals surface area contributed by atoms with Crippen molar-refractivity contribution in [2.24, 2.45) is 5.92 Å². The minimum absolute atomic E-state index is 0.0431. The Labute approximate surface area is 169 Å². The monoisotopic (exact) mass is 395 g/mol. The van der Waals surface area contributed by atoms with E-state index in [2.05, 4.69) is 24.1 Å². The van der Waals surface area contributed by atoms with Crippen molar-refractivity contribution in [3.63, 3.8) is 0 Å². The second-order valence-corrected chi connectivity index (χ2v) is 8.04. The Kier molecular flexibility index (Phi) is 6.87. The SMILES string of the molecule is CC(C)CCn1c(SCC(=O)NCc2ccccc2)nc2ccccc2c1=O. The van der Waals surface area contributed by atoms with Crippen LogP contribution in [0.2, 0.25) is 0 Å². The third-order valence-corrected chi connectivity index (χ3v) is 5.40. The first-order valence-electron chi connectivity index (χ1n) is 9.47.